The maximum absolute atomic E-state index is 12.7. The van der Waals surface area contributed by atoms with Gasteiger partial charge in [-0.05, 0) is 31.8 Å². The third kappa shape index (κ3) is 11.0. The highest BCUT2D eigenvalue weighted by atomic mass is 32.2. The van der Waals surface area contributed by atoms with Gasteiger partial charge in [-0.3, -0.25) is 19.2 Å². The minimum atomic E-state index is -1.67. The lowest BCUT2D eigenvalue weighted by Gasteiger charge is -2.25. The van der Waals surface area contributed by atoms with Crippen molar-refractivity contribution in [3.05, 3.63) is 0 Å². The molecule has 0 bridgehead atoms. The molecular weight excluding hydrogens is 436 g/mol. The average Bonchev–Trinajstić information content (AvgIpc) is 2.70. The van der Waals surface area contributed by atoms with E-state index in [1.54, 1.807) is 6.26 Å². The van der Waals surface area contributed by atoms with Gasteiger partial charge in [0.2, 0.25) is 17.7 Å². The molecule has 9 N–H and O–H groups in total. The van der Waals surface area contributed by atoms with Crippen molar-refractivity contribution >= 4 is 41.4 Å². The monoisotopic (exact) mass is 466 g/mol. The van der Waals surface area contributed by atoms with Gasteiger partial charge in [0.15, 0.2) is 6.04 Å². The molecule has 13 nitrogen and oxygen atoms in total. The number of aliphatic hydroxyl groups is 2. The number of amides is 3. The van der Waals surface area contributed by atoms with Gasteiger partial charge < -0.3 is 42.1 Å². The molecule has 0 aromatic rings. The van der Waals surface area contributed by atoms with Crippen molar-refractivity contribution in [2.45, 2.75) is 56.5 Å². The Morgan fingerprint density at radius 1 is 0.935 bits per heavy atom. The zero-order chi connectivity index (χ0) is 24.1. The summed E-state index contributed by atoms with van der Waals surface area (Å²) >= 11 is 1.38. The Morgan fingerprint density at radius 3 is 1.90 bits per heavy atom. The predicted octanol–water partition coefficient (Wildman–Crippen LogP) is -3.16. The summed E-state index contributed by atoms with van der Waals surface area (Å²) in [6.45, 7) is 0.491. The lowest BCUT2D eigenvalue weighted by Crippen LogP contribution is -2.58. The molecule has 5 atom stereocenters. The van der Waals surface area contributed by atoms with Crippen LogP contribution in [0, 0.1) is 0 Å². The topological polar surface area (TPSA) is 228 Å². The molecule has 31 heavy (non-hydrogen) atoms. The van der Waals surface area contributed by atoms with Crippen LogP contribution in [0.15, 0.2) is 0 Å². The summed E-state index contributed by atoms with van der Waals surface area (Å²) in [6, 6.07) is -5.52. The van der Waals surface area contributed by atoms with Gasteiger partial charge in [0.1, 0.15) is 18.1 Å². The van der Waals surface area contributed by atoms with E-state index >= 15 is 0 Å². The fraction of sp³-hybridized carbons (Fsp3) is 0.706. The molecule has 0 rings (SSSR count). The predicted molar refractivity (Wildman–Crippen MR) is 110 cm³/mol. The zero-order valence-corrected chi connectivity index (χ0v) is 18.1. The van der Waals surface area contributed by atoms with Crippen molar-refractivity contribution in [2.75, 3.05) is 18.6 Å². The number of nitrogens with one attached hydrogen (secondary N) is 3. The van der Waals surface area contributed by atoms with Crippen molar-refractivity contribution in [1.29, 1.82) is 0 Å². The number of carbonyl (C=O) groups is 5. The Bertz CT molecular complexity index is 647. The first-order chi connectivity index (χ1) is 14.4. The summed E-state index contributed by atoms with van der Waals surface area (Å²) in [5, 5.41) is 43.2. The number of nitrogens with two attached hydrogens (primary N) is 1. The van der Waals surface area contributed by atoms with Gasteiger partial charge in [-0.2, -0.15) is 11.8 Å². The van der Waals surface area contributed by atoms with Crippen LogP contribution >= 0.6 is 11.8 Å². The van der Waals surface area contributed by atoms with E-state index in [9.17, 15) is 29.1 Å². The minimum Gasteiger partial charge on any atom is -0.481 e. The van der Waals surface area contributed by atoms with Gasteiger partial charge in [0, 0.05) is 6.42 Å². The number of carboxylic acid groups (broad SMARTS) is 2. The van der Waals surface area contributed by atoms with Gasteiger partial charge in [-0.15, -0.1) is 0 Å². The van der Waals surface area contributed by atoms with Gasteiger partial charge in [0.25, 0.3) is 0 Å². The summed E-state index contributed by atoms with van der Waals surface area (Å²) in [7, 11) is 0. The Hall–Kier alpha value is -2.42. The molecule has 0 saturated heterocycles. The molecule has 0 spiro atoms. The Labute approximate surface area is 183 Å². The number of rotatable bonds is 15. The summed E-state index contributed by atoms with van der Waals surface area (Å²) in [5.41, 5.74) is 5.43. The molecule has 0 aliphatic heterocycles. The first-order valence-corrected chi connectivity index (χ1v) is 10.7. The molecule has 3 amide bonds. The van der Waals surface area contributed by atoms with Crippen LogP contribution in [0.4, 0.5) is 0 Å². The average molecular weight is 467 g/mol. The van der Waals surface area contributed by atoms with Crippen LogP contribution in [-0.2, 0) is 24.0 Å². The first-order valence-electron chi connectivity index (χ1n) is 9.33. The SMILES string of the molecule is CSCCC(NC(=O)C(N)CO)C(=O)NC(CCC(=O)O)C(=O)NC(C(=O)O)C(C)O. The number of carbonyl (C=O) groups excluding carboxylic acids is 3. The van der Waals surface area contributed by atoms with Crippen LogP contribution in [0.2, 0.25) is 0 Å². The molecule has 14 heteroatoms. The van der Waals surface area contributed by atoms with Crippen LogP contribution < -0.4 is 21.7 Å². The molecule has 5 unspecified atom stereocenters. The fourth-order valence-electron chi connectivity index (χ4n) is 2.32. The van der Waals surface area contributed by atoms with Crippen LogP contribution in [0.1, 0.15) is 26.2 Å². The van der Waals surface area contributed by atoms with E-state index in [1.165, 1.54) is 11.8 Å². The summed E-state index contributed by atoms with van der Waals surface area (Å²) in [5.74, 6) is -4.95. The van der Waals surface area contributed by atoms with E-state index in [1.807, 2.05) is 0 Å². The van der Waals surface area contributed by atoms with Crippen LogP contribution in [0.3, 0.4) is 0 Å². The minimum absolute atomic E-state index is 0.148. The standard InChI is InChI=1S/C17H30N4O9S/c1-8(23)13(17(29)30)21-16(28)10(3-4-12(24)25)20-15(27)11(5-6-31-2)19-14(26)9(18)7-22/h8-11,13,22-23H,3-7,18H2,1-2H3,(H,19,26)(H,20,27)(H,21,28)(H,24,25)(H,29,30). The summed E-state index contributed by atoms with van der Waals surface area (Å²) in [4.78, 5) is 59.2. The molecular formula is C17H30N4O9S. The van der Waals surface area contributed by atoms with Crippen LogP contribution in [0.5, 0.6) is 0 Å². The molecule has 0 radical (unpaired) electrons. The van der Waals surface area contributed by atoms with Gasteiger partial charge in [0.05, 0.1) is 12.7 Å². The molecule has 0 aliphatic carbocycles. The normalized spacial score (nSPS) is 15.6. The van der Waals surface area contributed by atoms with E-state index in [-0.39, 0.29) is 12.8 Å². The molecule has 0 aliphatic rings. The number of aliphatic carboxylic acids is 2. The third-order valence-corrected chi connectivity index (χ3v) is 4.75. The van der Waals surface area contributed by atoms with Gasteiger partial charge >= 0.3 is 11.9 Å². The fourth-order valence-corrected chi connectivity index (χ4v) is 2.79. The second kappa shape index (κ2) is 14.6. The second-order valence-electron chi connectivity index (χ2n) is 6.69. The van der Waals surface area contributed by atoms with Crippen molar-refractivity contribution in [2.24, 2.45) is 5.73 Å². The Morgan fingerprint density at radius 2 is 1.45 bits per heavy atom. The lowest BCUT2D eigenvalue weighted by molar-refractivity contribution is -0.145. The molecule has 0 saturated carbocycles. The van der Waals surface area contributed by atoms with Crippen molar-refractivity contribution in [1.82, 2.24) is 16.0 Å². The summed E-state index contributed by atoms with van der Waals surface area (Å²) in [6.07, 6.45) is -0.414. The molecule has 0 heterocycles. The quantitative estimate of drug-likeness (QED) is 0.120. The third-order valence-electron chi connectivity index (χ3n) is 4.10. The maximum Gasteiger partial charge on any atom is 0.328 e. The smallest absolute Gasteiger partial charge is 0.328 e. The lowest BCUT2D eigenvalue weighted by atomic mass is 10.1. The molecule has 0 aromatic carbocycles. The highest BCUT2D eigenvalue weighted by Gasteiger charge is 2.32. The molecule has 0 aromatic heterocycles. The van der Waals surface area contributed by atoms with Gasteiger partial charge in [-0.1, -0.05) is 0 Å². The number of hydrogen-bond donors (Lipinski definition) is 8. The van der Waals surface area contributed by atoms with E-state index < -0.39 is 73.0 Å². The number of aliphatic hydroxyl groups excluding tert-OH is 2. The largest absolute Gasteiger partial charge is 0.481 e. The van der Waals surface area contributed by atoms with E-state index in [2.05, 4.69) is 16.0 Å². The van der Waals surface area contributed by atoms with Crippen LogP contribution in [0.25, 0.3) is 0 Å². The second-order valence-corrected chi connectivity index (χ2v) is 7.68. The zero-order valence-electron chi connectivity index (χ0n) is 17.2. The number of hydrogen-bond acceptors (Lipinski definition) is 9. The first kappa shape index (κ1) is 28.6. The van der Waals surface area contributed by atoms with E-state index in [0.717, 1.165) is 6.92 Å². The highest BCUT2D eigenvalue weighted by Crippen LogP contribution is 2.06. The number of thioether (sulfide) groups is 1. The van der Waals surface area contributed by atoms with Crippen molar-refractivity contribution in [3.8, 4) is 0 Å². The van der Waals surface area contributed by atoms with E-state index in [4.69, 9.17) is 21.1 Å². The Kier molecular flexibility index (Phi) is 13.4. The maximum atomic E-state index is 12.7. The van der Waals surface area contributed by atoms with Crippen molar-refractivity contribution < 1.29 is 44.4 Å². The van der Waals surface area contributed by atoms with Gasteiger partial charge in [-0.25, -0.2) is 4.79 Å². The molecule has 0 fully saturated rings. The summed E-state index contributed by atoms with van der Waals surface area (Å²) < 4.78 is 0. The number of carboxylic acids is 2. The Balaban J connectivity index is 5.47. The van der Waals surface area contributed by atoms with Crippen molar-refractivity contribution in [3.63, 3.8) is 0 Å². The van der Waals surface area contributed by atoms with E-state index in [0.29, 0.717) is 5.75 Å². The highest BCUT2D eigenvalue weighted by molar-refractivity contribution is 7.98. The van der Waals surface area contributed by atoms with Crippen LogP contribution in [-0.4, -0.2) is 99.0 Å². The molecule has 178 valence electrons.